The first-order chi connectivity index (χ1) is 9.18. The quantitative estimate of drug-likeness (QED) is 0.527. The van der Waals surface area contributed by atoms with Crippen molar-refractivity contribution in [1.29, 1.82) is 10.8 Å². The Balaban J connectivity index is 2.29. The zero-order chi connectivity index (χ0) is 13.4. The second-order valence-electron chi connectivity index (χ2n) is 3.92. The third-order valence-corrected chi connectivity index (χ3v) is 3.05. The van der Waals surface area contributed by atoms with Gasteiger partial charge in [0.05, 0.1) is 6.26 Å². The molecule has 0 atom stereocenters. The van der Waals surface area contributed by atoms with Gasteiger partial charge in [0.1, 0.15) is 0 Å². The van der Waals surface area contributed by atoms with Crippen LogP contribution in [0.4, 0.5) is 0 Å². The standard InChI is InChI=1S/C13H9ClN4O/c14-11-8-4-1-2-5-9(8)12(15)18(17-11)13(16)10-6-3-7-19-10/h1-7,15-16H. The Morgan fingerprint density at radius 2 is 1.89 bits per heavy atom. The van der Waals surface area contributed by atoms with Gasteiger partial charge in [-0.15, -0.1) is 0 Å². The summed E-state index contributed by atoms with van der Waals surface area (Å²) in [6.07, 6.45) is 1.47. The Morgan fingerprint density at radius 3 is 2.58 bits per heavy atom. The van der Waals surface area contributed by atoms with Crippen LogP contribution in [0.3, 0.4) is 0 Å². The lowest BCUT2D eigenvalue weighted by Crippen LogP contribution is -2.30. The number of nitrogens with zero attached hydrogens (tertiary/aromatic N) is 2. The maximum atomic E-state index is 8.13. The summed E-state index contributed by atoms with van der Waals surface area (Å²) >= 11 is 6.10. The van der Waals surface area contributed by atoms with Gasteiger partial charge in [-0.25, -0.2) is 0 Å². The van der Waals surface area contributed by atoms with E-state index in [0.29, 0.717) is 16.5 Å². The molecule has 2 aromatic heterocycles. The van der Waals surface area contributed by atoms with Crippen molar-refractivity contribution >= 4 is 28.2 Å². The van der Waals surface area contributed by atoms with Gasteiger partial charge in [-0.2, -0.15) is 9.78 Å². The third kappa shape index (κ3) is 1.84. The zero-order valence-electron chi connectivity index (χ0n) is 9.72. The highest BCUT2D eigenvalue weighted by atomic mass is 35.5. The van der Waals surface area contributed by atoms with Gasteiger partial charge in [0, 0.05) is 10.8 Å². The Kier molecular flexibility index (Phi) is 2.68. The lowest BCUT2D eigenvalue weighted by Gasteiger charge is -2.08. The normalized spacial score (nSPS) is 10.8. The highest BCUT2D eigenvalue weighted by Crippen LogP contribution is 2.17. The highest BCUT2D eigenvalue weighted by molar-refractivity contribution is 6.34. The van der Waals surface area contributed by atoms with E-state index in [1.807, 2.05) is 12.1 Å². The van der Waals surface area contributed by atoms with Crippen LogP contribution in [-0.2, 0) is 0 Å². The van der Waals surface area contributed by atoms with Crippen LogP contribution in [0.1, 0.15) is 5.76 Å². The maximum absolute atomic E-state index is 8.13. The van der Waals surface area contributed by atoms with Gasteiger partial charge in [-0.3, -0.25) is 10.8 Å². The molecule has 5 nitrogen and oxygen atoms in total. The smallest absolute Gasteiger partial charge is 0.191 e. The van der Waals surface area contributed by atoms with Gasteiger partial charge in [-0.05, 0) is 12.1 Å². The van der Waals surface area contributed by atoms with Gasteiger partial charge in [0.15, 0.2) is 22.2 Å². The molecule has 0 radical (unpaired) electrons. The van der Waals surface area contributed by atoms with E-state index in [9.17, 15) is 0 Å². The van der Waals surface area contributed by atoms with Gasteiger partial charge in [0.25, 0.3) is 0 Å². The molecule has 0 saturated heterocycles. The van der Waals surface area contributed by atoms with Gasteiger partial charge < -0.3 is 4.42 Å². The minimum Gasteiger partial charge on any atom is -0.461 e. The zero-order valence-corrected chi connectivity index (χ0v) is 10.5. The van der Waals surface area contributed by atoms with Crippen molar-refractivity contribution in [1.82, 2.24) is 9.78 Å². The van der Waals surface area contributed by atoms with Crippen LogP contribution in [0.2, 0.25) is 5.15 Å². The second-order valence-corrected chi connectivity index (χ2v) is 4.28. The van der Waals surface area contributed by atoms with Crippen LogP contribution in [0.5, 0.6) is 0 Å². The van der Waals surface area contributed by atoms with E-state index in [2.05, 4.69) is 5.10 Å². The van der Waals surface area contributed by atoms with Crippen molar-refractivity contribution in [3.8, 4) is 0 Å². The van der Waals surface area contributed by atoms with E-state index >= 15 is 0 Å². The van der Waals surface area contributed by atoms with Crippen LogP contribution in [0, 0.1) is 10.8 Å². The molecule has 0 saturated carbocycles. The predicted molar refractivity (Wildman–Crippen MR) is 71.5 cm³/mol. The molecular formula is C13H9ClN4O. The molecule has 2 N–H and O–H groups in total. The molecule has 0 aliphatic carbocycles. The Hall–Kier alpha value is -2.40. The van der Waals surface area contributed by atoms with E-state index in [-0.39, 0.29) is 16.5 Å². The van der Waals surface area contributed by atoms with E-state index < -0.39 is 0 Å². The first kappa shape index (κ1) is 11.7. The number of nitrogens with one attached hydrogen (secondary N) is 2. The Morgan fingerprint density at radius 1 is 1.16 bits per heavy atom. The molecule has 0 aliphatic heterocycles. The first-order valence-corrected chi connectivity index (χ1v) is 5.91. The lowest BCUT2D eigenvalue weighted by molar-refractivity contribution is 0.550. The molecule has 19 heavy (non-hydrogen) atoms. The summed E-state index contributed by atoms with van der Waals surface area (Å²) in [4.78, 5) is 0. The van der Waals surface area contributed by atoms with Crippen molar-refractivity contribution in [2.75, 3.05) is 0 Å². The molecule has 6 heteroatoms. The van der Waals surface area contributed by atoms with Crippen molar-refractivity contribution in [2.24, 2.45) is 0 Å². The number of aromatic nitrogens is 2. The fourth-order valence-electron chi connectivity index (χ4n) is 1.85. The van der Waals surface area contributed by atoms with E-state index in [0.717, 1.165) is 4.68 Å². The van der Waals surface area contributed by atoms with Crippen LogP contribution < -0.4 is 5.49 Å². The minimum atomic E-state index is -0.0253. The largest absolute Gasteiger partial charge is 0.461 e. The summed E-state index contributed by atoms with van der Waals surface area (Å²) in [5, 5.41) is 21.8. The average molecular weight is 273 g/mol. The molecule has 0 spiro atoms. The molecule has 0 bridgehead atoms. The molecule has 0 aliphatic rings. The summed E-state index contributed by atoms with van der Waals surface area (Å²) in [5.41, 5.74) is 0.0985. The number of halogens is 1. The number of hydrogen-bond acceptors (Lipinski definition) is 4. The monoisotopic (exact) mass is 272 g/mol. The summed E-state index contributed by atoms with van der Waals surface area (Å²) < 4.78 is 6.30. The SMILES string of the molecule is N=C(c1ccco1)n1nc(Cl)c2ccccc2c1=N. The number of fused-ring (bicyclic) bond motifs is 1. The number of hydrogen-bond donors (Lipinski definition) is 2. The van der Waals surface area contributed by atoms with E-state index in [4.69, 9.17) is 26.8 Å². The van der Waals surface area contributed by atoms with Crippen molar-refractivity contribution in [3.63, 3.8) is 0 Å². The lowest BCUT2D eigenvalue weighted by atomic mass is 10.2. The number of furan rings is 1. The topological polar surface area (TPSA) is 78.7 Å². The summed E-state index contributed by atoms with van der Waals surface area (Å²) in [6.45, 7) is 0. The minimum absolute atomic E-state index is 0.0253. The molecule has 1 aromatic carbocycles. The number of benzene rings is 1. The van der Waals surface area contributed by atoms with Crippen LogP contribution in [0.15, 0.2) is 47.1 Å². The molecular weight excluding hydrogens is 264 g/mol. The molecule has 0 amide bonds. The Bertz CT molecular complexity index is 820. The highest BCUT2D eigenvalue weighted by Gasteiger charge is 2.12. The van der Waals surface area contributed by atoms with Gasteiger partial charge in [-0.1, -0.05) is 35.9 Å². The van der Waals surface area contributed by atoms with Crippen LogP contribution >= 0.6 is 11.6 Å². The predicted octanol–water partition coefficient (Wildman–Crippen LogP) is 2.64. The van der Waals surface area contributed by atoms with Crippen molar-refractivity contribution in [2.45, 2.75) is 0 Å². The summed E-state index contributed by atoms with van der Waals surface area (Å²) in [5.74, 6) is 0.306. The average Bonchev–Trinajstić information content (AvgIpc) is 2.96. The molecule has 3 rings (SSSR count). The fraction of sp³-hybridized carbons (Fsp3) is 0. The fourth-order valence-corrected chi connectivity index (χ4v) is 2.10. The number of rotatable bonds is 1. The van der Waals surface area contributed by atoms with Crippen molar-refractivity contribution < 1.29 is 4.42 Å². The van der Waals surface area contributed by atoms with Crippen molar-refractivity contribution in [3.05, 3.63) is 59.1 Å². The van der Waals surface area contributed by atoms with E-state index in [1.54, 1.807) is 24.3 Å². The maximum Gasteiger partial charge on any atom is 0.191 e. The molecule has 3 aromatic rings. The molecule has 2 heterocycles. The van der Waals surface area contributed by atoms with Crippen LogP contribution in [-0.4, -0.2) is 15.6 Å². The van der Waals surface area contributed by atoms with Crippen LogP contribution in [0.25, 0.3) is 10.8 Å². The Labute approximate surface area is 113 Å². The summed E-state index contributed by atoms with van der Waals surface area (Å²) in [6, 6.07) is 10.5. The first-order valence-electron chi connectivity index (χ1n) is 5.53. The second kappa shape index (κ2) is 4.37. The molecule has 0 fully saturated rings. The van der Waals surface area contributed by atoms with Gasteiger partial charge >= 0.3 is 0 Å². The van der Waals surface area contributed by atoms with E-state index in [1.165, 1.54) is 6.26 Å². The summed E-state index contributed by atoms with van der Waals surface area (Å²) in [7, 11) is 0. The molecule has 0 unspecified atom stereocenters. The van der Waals surface area contributed by atoms with Gasteiger partial charge in [0.2, 0.25) is 0 Å². The molecule has 94 valence electrons. The third-order valence-electron chi connectivity index (χ3n) is 2.77.